The van der Waals surface area contributed by atoms with Crippen molar-refractivity contribution in [2.24, 2.45) is 0 Å². The van der Waals surface area contributed by atoms with Crippen molar-refractivity contribution in [1.29, 1.82) is 0 Å². The summed E-state index contributed by atoms with van der Waals surface area (Å²) in [6.45, 7) is 6.53. The molecule has 0 saturated heterocycles. The van der Waals surface area contributed by atoms with Crippen molar-refractivity contribution in [3.8, 4) is 5.75 Å². The molecule has 0 amide bonds. The van der Waals surface area contributed by atoms with Gasteiger partial charge in [-0.2, -0.15) is 4.73 Å². The fourth-order valence-electron chi connectivity index (χ4n) is 1.50. The van der Waals surface area contributed by atoms with Gasteiger partial charge >= 0.3 is 0 Å². The number of ether oxygens (including phenoxy) is 1. The third-order valence-corrected chi connectivity index (χ3v) is 4.20. The molecule has 5 heteroatoms. The Balaban J connectivity index is 2.66. The van der Waals surface area contributed by atoms with Crippen molar-refractivity contribution < 1.29 is 13.9 Å². The van der Waals surface area contributed by atoms with Crippen LogP contribution in [0.4, 0.5) is 0 Å². The Labute approximate surface area is 95.0 Å². The first-order valence-corrected chi connectivity index (χ1v) is 8.63. The summed E-state index contributed by atoms with van der Waals surface area (Å²) in [5.41, 5.74) is 1.16. The molecule has 0 aliphatic carbocycles. The second-order valence-corrected chi connectivity index (χ2v) is 9.81. The van der Waals surface area contributed by atoms with E-state index in [0.29, 0.717) is 16.8 Å². The molecule has 0 unspecified atom stereocenters. The normalized spacial score (nSPS) is 12.0. The summed E-state index contributed by atoms with van der Waals surface area (Å²) in [7, 11) is 0.00465. The van der Waals surface area contributed by atoms with E-state index in [-0.39, 0.29) is 0 Å². The van der Waals surface area contributed by atoms with Crippen LogP contribution in [0.25, 0.3) is 11.1 Å². The standard InChI is InChI=1S/C11H15NO3Si/c1-14-8-5-10-9(12(13)7-8)6-11(15-10)16(2,3)4/h5-7H,1-4H3. The van der Waals surface area contributed by atoms with Gasteiger partial charge in [-0.05, 0) is 0 Å². The number of pyridine rings is 1. The van der Waals surface area contributed by atoms with E-state index < -0.39 is 8.07 Å². The minimum atomic E-state index is -1.53. The number of rotatable bonds is 2. The number of hydrogen-bond acceptors (Lipinski definition) is 3. The zero-order valence-corrected chi connectivity index (χ0v) is 10.9. The molecule has 0 aliphatic heterocycles. The first-order chi connectivity index (χ1) is 7.41. The van der Waals surface area contributed by atoms with Crippen LogP contribution in [0.2, 0.25) is 19.6 Å². The van der Waals surface area contributed by atoms with Gasteiger partial charge < -0.3 is 14.4 Å². The van der Waals surface area contributed by atoms with Gasteiger partial charge in [0.25, 0.3) is 5.52 Å². The van der Waals surface area contributed by atoms with Crippen LogP contribution in [0.5, 0.6) is 5.75 Å². The molecule has 0 aliphatic rings. The van der Waals surface area contributed by atoms with E-state index >= 15 is 0 Å². The number of hydrogen-bond donors (Lipinski definition) is 0. The number of methoxy groups -OCH3 is 1. The van der Waals surface area contributed by atoms with E-state index in [4.69, 9.17) is 9.15 Å². The molecule has 16 heavy (non-hydrogen) atoms. The van der Waals surface area contributed by atoms with Crippen LogP contribution in [-0.2, 0) is 0 Å². The van der Waals surface area contributed by atoms with E-state index in [9.17, 15) is 5.21 Å². The molecule has 0 spiro atoms. The van der Waals surface area contributed by atoms with Crippen molar-refractivity contribution >= 4 is 24.6 Å². The van der Waals surface area contributed by atoms with Crippen molar-refractivity contribution in [2.75, 3.05) is 7.11 Å². The molecular formula is C11H15NO3Si. The molecular weight excluding hydrogens is 222 g/mol. The Kier molecular flexibility index (Phi) is 2.42. The topological polar surface area (TPSA) is 49.3 Å². The van der Waals surface area contributed by atoms with Gasteiger partial charge in [0.1, 0.15) is 8.07 Å². The maximum absolute atomic E-state index is 11.7. The molecule has 2 rings (SSSR count). The van der Waals surface area contributed by atoms with Crippen molar-refractivity contribution in [3.63, 3.8) is 0 Å². The molecule has 2 aromatic rings. The van der Waals surface area contributed by atoms with Crippen LogP contribution in [0.1, 0.15) is 0 Å². The summed E-state index contributed by atoms with van der Waals surface area (Å²) in [6, 6.07) is 3.58. The number of fused-ring (bicyclic) bond motifs is 1. The summed E-state index contributed by atoms with van der Waals surface area (Å²) < 4.78 is 11.5. The van der Waals surface area contributed by atoms with Crippen LogP contribution in [0.15, 0.2) is 22.7 Å². The van der Waals surface area contributed by atoms with E-state index in [2.05, 4.69) is 19.6 Å². The molecule has 0 fully saturated rings. The van der Waals surface area contributed by atoms with E-state index in [1.807, 2.05) is 6.07 Å². The van der Waals surface area contributed by atoms with Gasteiger partial charge in [-0.15, -0.1) is 0 Å². The van der Waals surface area contributed by atoms with Gasteiger partial charge in [0.05, 0.1) is 12.5 Å². The molecule has 2 aromatic heterocycles. The van der Waals surface area contributed by atoms with Crippen molar-refractivity contribution in [2.45, 2.75) is 19.6 Å². The summed E-state index contributed by atoms with van der Waals surface area (Å²) in [5, 5.41) is 12.6. The highest BCUT2D eigenvalue weighted by molar-refractivity contribution is 6.87. The van der Waals surface area contributed by atoms with Gasteiger partial charge in [-0.25, -0.2) is 0 Å². The van der Waals surface area contributed by atoms with Gasteiger partial charge in [0, 0.05) is 12.1 Å². The fourth-order valence-corrected chi connectivity index (χ4v) is 2.49. The molecule has 0 atom stereocenters. The van der Waals surface area contributed by atoms with E-state index in [1.165, 1.54) is 13.3 Å². The molecule has 0 bridgehead atoms. The van der Waals surface area contributed by atoms with Gasteiger partial charge in [-0.1, -0.05) is 19.6 Å². The monoisotopic (exact) mass is 237 g/mol. The molecule has 0 radical (unpaired) electrons. The van der Waals surface area contributed by atoms with Gasteiger partial charge in [0.2, 0.25) is 11.8 Å². The van der Waals surface area contributed by atoms with Crippen LogP contribution in [-0.4, -0.2) is 15.2 Å². The van der Waals surface area contributed by atoms with E-state index in [1.54, 1.807) is 6.07 Å². The number of nitrogens with zero attached hydrogens (tertiary/aromatic N) is 1. The predicted molar refractivity (Wildman–Crippen MR) is 64.7 cm³/mol. The number of aromatic nitrogens is 1. The zero-order valence-electron chi connectivity index (χ0n) is 9.90. The molecule has 2 heterocycles. The smallest absolute Gasteiger partial charge is 0.262 e. The SMILES string of the molecule is COc1cc2oc([Si](C)(C)C)cc2[n+]([O-])c1. The van der Waals surface area contributed by atoms with Gasteiger partial charge in [0.15, 0.2) is 5.75 Å². The quantitative estimate of drug-likeness (QED) is 0.453. The first-order valence-electron chi connectivity index (χ1n) is 5.13. The maximum atomic E-state index is 11.7. The highest BCUT2D eigenvalue weighted by Crippen LogP contribution is 2.18. The molecule has 0 saturated carbocycles. The lowest BCUT2D eigenvalue weighted by atomic mass is 10.4. The largest absolute Gasteiger partial charge is 0.618 e. The lowest BCUT2D eigenvalue weighted by molar-refractivity contribution is -0.577. The Hall–Kier alpha value is -1.49. The summed E-state index contributed by atoms with van der Waals surface area (Å²) in [5.74, 6) is 0.513. The Bertz CT molecular complexity index is 528. The number of furan rings is 1. The van der Waals surface area contributed by atoms with Gasteiger partial charge in [-0.3, -0.25) is 0 Å². The minimum Gasteiger partial charge on any atom is -0.618 e. The van der Waals surface area contributed by atoms with Crippen LogP contribution < -0.4 is 14.9 Å². The Morgan fingerprint density at radius 2 is 2.00 bits per heavy atom. The second-order valence-electron chi connectivity index (χ2n) is 4.82. The highest BCUT2D eigenvalue weighted by atomic mass is 28.3. The average Bonchev–Trinajstić information content (AvgIpc) is 2.61. The predicted octanol–water partition coefficient (Wildman–Crippen LogP) is 1.62. The van der Waals surface area contributed by atoms with Crippen LogP contribution in [0.3, 0.4) is 0 Å². The Morgan fingerprint density at radius 1 is 1.31 bits per heavy atom. The Morgan fingerprint density at radius 3 is 2.56 bits per heavy atom. The second kappa shape index (κ2) is 3.52. The summed E-state index contributed by atoms with van der Waals surface area (Å²) >= 11 is 0. The first kappa shape index (κ1) is 11.0. The lowest BCUT2D eigenvalue weighted by Gasteiger charge is -2.09. The van der Waals surface area contributed by atoms with Crippen molar-refractivity contribution in [1.82, 2.24) is 0 Å². The van der Waals surface area contributed by atoms with Crippen LogP contribution in [0, 0.1) is 5.21 Å². The highest BCUT2D eigenvalue weighted by Gasteiger charge is 2.24. The zero-order chi connectivity index (χ0) is 11.9. The third kappa shape index (κ3) is 1.78. The fraction of sp³-hybridized carbons (Fsp3) is 0.364. The maximum Gasteiger partial charge on any atom is 0.262 e. The minimum absolute atomic E-state index is 0.513. The lowest BCUT2D eigenvalue weighted by Crippen LogP contribution is -2.36. The van der Waals surface area contributed by atoms with Crippen LogP contribution >= 0.6 is 0 Å². The summed E-state index contributed by atoms with van der Waals surface area (Å²) in [6.07, 6.45) is 1.41. The average molecular weight is 237 g/mol. The molecule has 0 N–H and O–H groups in total. The molecule has 4 nitrogen and oxygen atoms in total. The van der Waals surface area contributed by atoms with Crippen molar-refractivity contribution in [3.05, 3.63) is 23.5 Å². The molecule has 86 valence electrons. The molecule has 0 aromatic carbocycles. The van der Waals surface area contributed by atoms with E-state index in [0.717, 1.165) is 10.1 Å². The summed E-state index contributed by atoms with van der Waals surface area (Å²) in [4.78, 5) is 0. The third-order valence-electron chi connectivity index (χ3n) is 2.47.